The van der Waals surface area contributed by atoms with Gasteiger partial charge >= 0.3 is 0 Å². The molecule has 1 fully saturated rings. The van der Waals surface area contributed by atoms with E-state index in [0.29, 0.717) is 0 Å². The molecule has 1 aliphatic rings. The Hall–Kier alpha value is -0.0200. The van der Waals surface area contributed by atoms with Crippen molar-refractivity contribution in [2.75, 3.05) is 39.3 Å². The molecular formula is C12H20Cl2N2. The number of piperazine rings is 1. The molecule has 0 aromatic rings. The third-order valence-electron chi connectivity index (χ3n) is 2.73. The Labute approximate surface area is 108 Å². The zero-order chi connectivity index (χ0) is 12.0. The van der Waals surface area contributed by atoms with Crippen molar-refractivity contribution in [3.05, 3.63) is 22.2 Å². The summed E-state index contributed by atoms with van der Waals surface area (Å²) < 4.78 is 0. The maximum Gasteiger partial charge on any atom is 0.0178 e. The lowest BCUT2D eigenvalue weighted by Gasteiger charge is -2.33. The van der Waals surface area contributed by atoms with Crippen molar-refractivity contribution < 1.29 is 0 Å². The fourth-order valence-corrected chi connectivity index (χ4v) is 1.80. The Morgan fingerprint density at radius 3 is 1.44 bits per heavy atom. The highest BCUT2D eigenvalue weighted by molar-refractivity contribution is 6.29. The zero-order valence-electron chi connectivity index (χ0n) is 10.0. The Morgan fingerprint density at radius 1 is 0.875 bits per heavy atom. The van der Waals surface area contributed by atoms with Gasteiger partial charge in [0.2, 0.25) is 0 Å². The molecule has 1 rings (SSSR count). The van der Waals surface area contributed by atoms with Crippen LogP contribution in [0.15, 0.2) is 22.2 Å². The van der Waals surface area contributed by atoms with Gasteiger partial charge in [0.05, 0.1) is 0 Å². The Morgan fingerprint density at radius 2 is 1.19 bits per heavy atom. The van der Waals surface area contributed by atoms with Gasteiger partial charge in [-0.1, -0.05) is 35.4 Å². The Kier molecular flexibility index (Phi) is 6.44. The number of nitrogens with zero attached hydrogens (tertiary/aromatic N) is 2. The number of rotatable bonds is 4. The predicted molar refractivity (Wildman–Crippen MR) is 72.1 cm³/mol. The average molecular weight is 263 g/mol. The zero-order valence-corrected chi connectivity index (χ0v) is 11.6. The summed E-state index contributed by atoms with van der Waals surface area (Å²) in [6.45, 7) is 10.2. The van der Waals surface area contributed by atoms with Crippen LogP contribution >= 0.6 is 23.2 Å². The first-order valence-electron chi connectivity index (χ1n) is 5.67. The Bertz CT molecular complexity index is 230. The third kappa shape index (κ3) is 5.90. The molecule has 0 aromatic carbocycles. The molecule has 4 heteroatoms. The molecule has 0 aromatic heterocycles. The summed E-state index contributed by atoms with van der Waals surface area (Å²) in [7, 11) is 0. The third-order valence-corrected chi connectivity index (χ3v) is 3.04. The van der Waals surface area contributed by atoms with E-state index >= 15 is 0 Å². The van der Waals surface area contributed by atoms with Crippen molar-refractivity contribution in [1.29, 1.82) is 0 Å². The van der Waals surface area contributed by atoms with Crippen molar-refractivity contribution in [3.63, 3.8) is 0 Å². The van der Waals surface area contributed by atoms with Crippen molar-refractivity contribution in [1.82, 2.24) is 9.80 Å². The van der Waals surface area contributed by atoms with Crippen LogP contribution in [0.3, 0.4) is 0 Å². The van der Waals surface area contributed by atoms with E-state index in [1.807, 2.05) is 13.8 Å². The second-order valence-corrected chi connectivity index (χ2v) is 5.38. The Balaban J connectivity index is 2.23. The van der Waals surface area contributed by atoms with Gasteiger partial charge in [0.15, 0.2) is 0 Å². The minimum atomic E-state index is 0.878. The molecule has 2 nitrogen and oxygen atoms in total. The highest BCUT2D eigenvalue weighted by Gasteiger charge is 2.14. The van der Waals surface area contributed by atoms with Gasteiger partial charge in [-0.05, 0) is 13.8 Å². The quantitative estimate of drug-likeness (QED) is 0.769. The van der Waals surface area contributed by atoms with Gasteiger partial charge < -0.3 is 0 Å². The van der Waals surface area contributed by atoms with Crippen LogP contribution in [0, 0.1) is 0 Å². The van der Waals surface area contributed by atoms with Crippen LogP contribution < -0.4 is 0 Å². The van der Waals surface area contributed by atoms with Gasteiger partial charge in [-0.15, -0.1) is 0 Å². The second-order valence-electron chi connectivity index (χ2n) is 4.18. The lowest BCUT2D eigenvalue weighted by Crippen LogP contribution is -2.46. The van der Waals surface area contributed by atoms with Gasteiger partial charge in [0.1, 0.15) is 0 Å². The molecule has 0 amide bonds. The minimum Gasteiger partial charge on any atom is -0.297 e. The maximum atomic E-state index is 5.81. The van der Waals surface area contributed by atoms with Gasteiger partial charge in [-0.3, -0.25) is 9.80 Å². The molecule has 0 bridgehead atoms. The van der Waals surface area contributed by atoms with E-state index in [0.717, 1.165) is 49.3 Å². The number of hydrogen-bond donors (Lipinski definition) is 0. The summed E-state index contributed by atoms with van der Waals surface area (Å²) in [6.07, 6.45) is 4.14. The predicted octanol–water partition coefficient (Wildman–Crippen LogP) is 2.89. The van der Waals surface area contributed by atoms with Gasteiger partial charge in [-0.25, -0.2) is 0 Å². The maximum absolute atomic E-state index is 5.81. The lowest BCUT2D eigenvalue weighted by atomic mass is 10.3. The molecule has 0 atom stereocenters. The topological polar surface area (TPSA) is 6.48 Å². The summed E-state index contributed by atoms with van der Waals surface area (Å²) in [5, 5.41) is 1.76. The first-order chi connectivity index (χ1) is 7.58. The molecule has 0 saturated carbocycles. The second kappa shape index (κ2) is 7.33. The van der Waals surface area contributed by atoms with E-state index in [1.54, 1.807) is 0 Å². The van der Waals surface area contributed by atoms with Crippen LogP contribution in [0.2, 0.25) is 0 Å². The SMILES string of the molecule is CC(Cl)=CCN1CCN(CC=C(C)Cl)CC1. The normalized spacial score (nSPS) is 21.5. The molecule has 16 heavy (non-hydrogen) atoms. The molecule has 0 N–H and O–H groups in total. The smallest absolute Gasteiger partial charge is 0.0178 e. The molecule has 0 radical (unpaired) electrons. The van der Waals surface area contributed by atoms with Gasteiger partial charge in [0, 0.05) is 49.3 Å². The lowest BCUT2D eigenvalue weighted by molar-refractivity contribution is 0.153. The summed E-state index contributed by atoms with van der Waals surface area (Å²) >= 11 is 11.6. The van der Waals surface area contributed by atoms with Crippen molar-refractivity contribution in [2.24, 2.45) is 0 Å². The van der Waals surface area contributed by atoms with E-state index < -0.39 is 0 Å². The van der Waals surface area contributed by atoms with E-state index in [1.165, 1.54) is 0 Å². The number of halogens is 2. The fourth-order valence-electron chi connectivity index (χ4n) is 1.66. The van der Waals surface area contributed by atoms with Gasteiger partial charge in [-0.2, -0.15) is 0 Å². The van der Waals surface area contributed by atoms with Crippen molar-refractivity contribution in [2.45, 2.75) is 13.8 Å². The fraction of sp³-hybridized carbons (Fsp3) is 0.667. The highest BCUT2D eigenvalue weighted by Crippen LogP contribution is 2.05. The molecule has 0 spiro atoms. The van der Waals surface area contributed by atoms with Crippen LogP contribution in [0.4, 0.5) is 0 Å². The van der Waals surface area contributed by atoms with Crippen LogP contribution in [0.25, 0.3) is 0 Å². The van der Waals surface area contributed by atoms with E-state index in [-0.39, 0.29) is 0 Å². The summed E-state index contributed by atoms with van der Waals surface area (Å²) in [6, 6.07) is 0. The first kappa shape index (κ1) is 14.0. The summed E-state index contributed by atoms with van der Waals surface area (Å²) in [4.78, 5) is 4.83. The van der Waals surface area contributed by atoms with Crippen LogP contribution in [0.5, 0.6) is 0 Å². The highest BCUT2D eigenvalue weighted by atomic mass is 35.5. The van der Waals surface area contributed by atoms with E-state index in [4.69, 9.17) is 23.2 Å². The average Bonchev–Trinajstić information content (AvgIpc) is 2.25. The van der Waals surface area contributed by atoms with Gasteiger partial charge in [0.25, 0.3) is 0 Å². The largest absolute Gasteiger partial charge is 0.297 e. The van der Waals surface area contributed by atoms with Crippen LogP contribution in [0.1, 0.15) is 13.8 Å². The first-order valence-corrected chi connectivity index (χ1v) is 6.43. The monoisotopic (exact) mass is 262 g/mol. The molecule has 1 heterocycles. The van der Waals surface area contributed by atoms with Crippen LogP contribution in [-0.4, -0.2) is 49.1 Å². The summed E-state index contributed by atoms with van der Waals surface area (Å²) in [5.74, 6) is 0. The molecular weight excluding hydrogens is 243 g/mol. The van der Waals surface area contributed by atoms with Crippen molar-refractivity contribution in [3.8, 4) is 0 Å². The van der Waals surface area contributed by atoms with Crippen molar-refractivity contribution >= 4 is 23.2 Å². The van der Waals surface area contributed by atoms with E-state index in [9.17, 15) is 0 Å². The number of allylic oxidation sites excluding steroid dienone is 2. The molecule has 0 unspecified atom stereocenters. The molecule has 0 aliphatic carbocycles. The molecule has 1 saturated heterocycles. The standard InChI is InChI=1S/C12H20Cl2N2/c1-11(13)3-5-15-7-9-16(10-8-15)6-4-12(2)14/h3-4H,5-10H2,1-2H3. The van der Waals surface area contributed by atoms with E-state index in [2.05, 4.69) is 22.0 Å². The molecule has 92 valence electrons. The van der Waals surface area contributed by atoms with Crippen LogP contribution in [-0.2, 0) is 0 Å². The molecule has 1 aliphatic heterocycles. The number of hydrogen-bond acceptors (Lipinski definition) is 2. The minimum absolute atomic E-state index is 0.878. The summed E-state index contributed by atoms with van der Waals surface area (Å²) in [5.41, 5.74) is 0.